The van der Waals surface area contributed by atoms with E-state index < -0.39 is 5.97 Å². The Morgan fingerprint density at radius 3 is 2.46 bits per heavy atom. The Bertz CT molecular complexity index is 775. The SMILES string of the molecule is COC(=O)c1ccc(NC(=O)c2cc(C)nc(NCCN(C)C)n2)cc1. The molecule has 26 heavy (non-hydrogen) atoms. The van der Waals surface area contributed by atoms with Crippen molar-refractivity contribution in [1.82, 2.24) is 14.9 Å². The molecule has 0 bridgehead atoms. The molecule has 0 saturated heterocycles. The van der Waals surface area contributed by atoms with Crippen LogP contribution in [0, 0.1) is 6.92 Å². The molecule has 1 heterocycles. The number of aryl methyl sites for hydroxylation is 1. The molecule has 2 N–H and O–H groups in total. The van der Waals surface area contributed by atoms with Crippen LogP contribution in [0.3, 0.4) is 0 Å². The lowest BCUT2D eigenvalue weighted by atomic mass is 10.2. The van der Waals surface area contributed by atoms with Crippen LogP contribution in [0.15, 0.2) is 30.3 Å². The standard InChI is InChI=1S/C18H23N5O3/c1-12-11-15(22-18(20-12)19-9-10-23(2)3)16(24)21-14-7-5-13(6-8-14)17(25)26-4/h5-8,11H,9-10H2,1-4H3,(H,21,24)(H,19,20,22). The Labute approximate surface area is 152 Å². The first kappa shape index (κ1) is 19.3. The van der Waals surface area contributed by atoms with Crippen molar-refractivity contribution in [2.45, 2.75) is 6.92 Å². The maximum atomic E-state index is 12.4. The van der Waals surface area contributed by atoms with Crippen molar-refractivity contribution in [1.29, 1.82) is 0 Å². The van der Waals surface area contributed by atoms with Gasteiger partial charge in [-0.2, -0.15) is 0 Å². The lowest BCUT2D eigenvalue weighted by Gasteiger charge is -2.11. The van der Waals surface area contributed by atoms with Gasteiger partial charge in [0.25, 0.3) is 5.91 Å². The molecule has 0 fully saturated rings. The minimum absolute atomic E-state index is 0.266. The van der Waals surface area contributed by atoms with E-state index in [1.807, 2.05) is 19.0 Å². The number of methoxy groups -OCH3 is 1. The second-order valence-electron chi connectivity index (χ2n) is 5.97. The van der Waals surface area contributed by atoms with Crippen molar-refractivity contribution in [2.75, 3.05) is 44.9 Å². The number of nitrogens with zero attached hydrogens (tertiary/aromatic N) is 3. The quantitative estimate of drug-likeness (QED) is 0.729. The summed E-state index contributed by atoms with van der Waals surface area (Å²) in [6.45, 7) is 3.30. The van der Waals surface area contributed by atoms with Crippen molar-refractivity contribution in [2.24, 2.45) is 0 Å². The maximum Gasteiger partial charge on any atom is 0.337 e. The molecule has 0 aliphatic carbocycles. The van der Waals surface area contributed by atoms with Gasteiger partial charge in [-0.25, -0.2) is 14.8 Å². The lowest BCUT2D eigenvalue weighted by molar-refractivity contribution is 0.0600. The Balaban J connectivity index is 2.06. The number of carbonyl (C=O) groups excluding carboxylic acids is 2. The zero-order valence-electron chi connectivity index (χ0n) is 15.4. The Hall–Kier alpha value is -3.00. The minimum atomic E-state index is -0.428. The smallest absolute Gasteiger partial charge is 0.337 e. The number of ether oxygens (including phenoxy) is 1. The third-order valence-corrected chi connectivity index (χ3v) is 3.49. The van der Waals surface area contributed by atoms with E-state index in [1.165, 1.54) is 7.11 Å². The van der Waals surface area contributed by atoms with Crippen LogP contribution in [-0.2, 0) is 4.74 Å². The molecule has 8 heteroatoms. The molecule has 0 radical (unpaired) electrons. The highest BCUT2D eigenvalue weighted by atomic mass is 16.5. The van der Waals surface area contributed by atoms with E-state index in [1.54, 1.807) is 37.3 Å². The zero-order chi connectivity index (χ0) is 19.1. The van der Waals surface area contributed by atoms with Gasteiger partial charge in [0.2, 0.25) is 5.95 Å². The molecule has 0 unspecified atom stereocenters. The van der Waals surface area contributed by atoms with Gasteiger partial charge >= 0.3 is 5.97 Å². The normalized spacial score (nSPS) is 10.5. The number of hydrogen-bond donors (Lipinski definition) is 2. The van der Waals surface area contributed by atoms with Gasteiger partial charge in [0, 0.05) is 24.5 Å². The monoisotopic (exact) mass is 357 g/mol. The van der Waals surface area contributed by atoms with Crippen LogP contribution in [0.2, 0.25) is 0 Å². The van der Waals surface area contributed by atoms with Crippen LogP contribution in [0.1, 0.15) is 26.5 Å². The molecule has 0 atom stereocenters. The number of nitrogens with one attached hydrogen (secondary N) is 2. The summed E-state index contributed by atoms with van der Waals surface area (Å²) in [4.78, 5) is 34.5. The number of carbonyl (C=O) groups is 2. The van der Waals surface area contributed by atoms with Crippen LogP contribution in [0.4, 0.5) is 11.6 Å². The van der Waals surface area contributed by atoms with Crippen LogP contribution in [0.5, 0.6) is 0 Å². The number of esters is 1. The molecule has 1 amide bonds. The molecule has 2 aromatic rings. The fourth-order valence-corrected chi connectivity index (χ4v) is 2.16. The van der Waals surface area contributed by atoms with Crippen molar-refractivity contribution < 1.29 is 14.3 Å². The van der Waals surface area contributed by atoms with Crippen molar-refractivity contribution >= 4 is 23.5 Å². The third kappa shape index (κ3) is 5.52. The first-order valence-corrected chi connectivity index (χ1v) is 8.13. The number of hydrogen-bond acceptors (Lipinski definition) is 7. The van der Waals surface area contributed by atoms with Gasteiger partial charge in [-0.3, -0.25) is 4.79 Å². The number of anilines is 2. The number of aromatic nitrogens is 2. The van der Waals surface area contributed by atoms with Gasteiger partial charge < -0.3 is 20.3 Å². The minimum Gasteiger partial charge on any atom is -0.465 e. The van der Waals surface area contributed by atoms with Crippen LogP contribution in [0.25, 0.3) is 0 Å². The highest BCUT2D eigenvalue weighted by molar-refractivity contribution is 6.03. The largest absolute Gasteiger partial charge is 0.465 e. The van der Waals surface area contributed by atoms with Crippen LogP contribution < -0.4 is 10.6 Å². The molecule has 2 rings (SSSR count). The van der Waals surface area contributed by atoms with Crippen LogP contribution in [-0.4, -0.2) is 61.0 Å². The van der Waals surface area contributed by atoms with Crippen molar-refractivity contribution in [3.63, 3.8) is 0 Å². The molecule has 1 aromatic carbocycles. The van der Waals surface area contributed by atoms with Gasteiger partial charge in [-0.1, -0.05) is 0 Å². The first-order chi connectivity index (χ1) is 12.4. The van der Waals surface area contributed by atoms with E-state index in [9.17, 15) is 9.59 Å². The number of rotatable bonds is 7. The molecule has 0 saturated carbocycles. The highest BCUT2D eigenvalue weighted by Gasteiger charge is 2.12. The first-order valence-electron chi connectivity index (χ1n) is 8.13. The molecule has 0 spiro atoms. The summed E-state index contributed by atoms with van der Waals surface area (Å²) in [5, 5.41) is 5.86. The maximum absolute atomic E-state index is 12.4. The summed E-state index contributed by atoms with van der Waals surface area (Å²) in [5.41, 5.74) is 1.93. The molecule has 1 aromatic heterocycles. The molecule has 138 valence electrons. The topological polar surface area (TPSA) is 96.4 Å². The molecule has 0 aliphatic rings. The average molecular weight is 357 g/mol. The zero-order valence-corrected chi connectivity index (χ0v) is 15.4. The molecule has 0 aliphatic heterocycles. The van der Waals surface area contributed by atoms with E-state index >= 15 is 0 Å². The fourth-order valence-electron chi connectivity index (χ4n) is 2.16. The third-order valence-electron chi connectivity index (χ3n) is 3.49. The summed E-state index contributed by atoms with van der Waals surface area (Å²) in [7, 11) is 5.27. The van der Waals surface area contributed by atoms with Gasteiger partial charge in [-0.05, 0) is 51.4 Å². The van der Waals surface area contributed by atoms with E-state index in [-0.39, 0.29) is 11.6 Å². The lowest BCUT2D eigenvalue weighted by Crippen LogP contribution is -2.22. The molecular formula is C18H23N5O3. The van der Waals surface area contributed by atoms with Crippen molar-refractivity contribution in [3.05, 3.63) is 47.3 Å². The number of amides is 1. The second kappa shape index (κ2) is 8.91. The Kier molecular flexibility index (Phi) is 6.62. The second-order valence-corrected chi connectivity index (χ2v) is 5.97. The predicted molar refractivity (Wildman–Crippen MR) is 99.5 cm³/mol. The van der Waals surface area contributed by atoms with Crippen LogP contribution >= 0.6 is 0 Å². The summed E-state index contributed by atoms with van der Waals surface area (Å²) < 4.78 is 4.65. The van der Waals surface area contributed by atoms with Gasteiger partial charge in [0.05, 0.1) is 12.7 Å². The Morgan fingerprint density at radius 1 is 1.15 bits per heavy atom. The van der Waals surface area contributed by atoms with Gasteiger partial charge in [0.1, 0.15) is 5.69 Å². The molecule has 8 nitrogen and oxygen atoms in total. The fraction of sp³-hybridized carbons (Fsp3) is 0.333. The van der Waals surface area contributed by atoms with E-state index in [4.69, 9.17) is 0 Å². The number of likely N-dealkylation sites (N-methyl/N-ethyl adjacent to an activating group) is 1. The van der Waals surface area contributed by atoms with E-state index in [0.717, 1.165) is 6.54 Å². The highest BCUT2D eigenvalue weighted by Crippen LogP contribution is 2.13. The summed E-state index contributed by atoms with van der Waals surface area (Å²) >= 11 is 0. The summed E-state index contributed by atoms with van der Waals surface area (Å²) in [6, 6.07) is 8.06. The molecular weight excluding hydrogens is 334 g/mol. The predicted octanol–water partition coefficient (Wildman–Crippen LogP) is 1.80. The number of benzene rings is 1. The average Bonchev–Trinajstić information content (AvgIpc) is 2.61. The summed E-state index contributed by atoms with van der Waals surface area (Å²) in [6.07, 6.45) is 0. The van der Waals surface area contributed by atoms with E-state index in [0.29, 0.717) is 29.4 Å². The summed E-state index contributed by atoms with van der Waals surface area (Å²) in [5.74, 6) is -0.363. The van der Waals surface area contributed by atoms with Crippen molar-refractivity contribution in [3.8, 4) is 0 Å². The van der Waals surface area contributed by atoms with Gasteiger partial charge in [-0.15, -0.1) is 0 Å². The van der Waals surface area contributed by atoms with E-state index in [2.05, 4.69) is 25.3 Å². The van der Waals surface area contributed by atoms with Gasteiger partial charge in [0.15, 0.2) is 0 Å². The Morgan fingerprint density at radius 2 is 1.85 bits per heavy atom.